The molecule has 2 atom stereocenters. The van der Waals surface area contributed by atoms with Crippen molar-refractivity contribution < 1.29 is 42.1 Å². The first-order chi connectivity index (χ1) is 35.5. The predicted molar refractivity (Wildman–Crippen MR) is 312 cm³/mol. The van der Waals surface area contributed by atoms with E-state index in [0.717, 1.165) is 38.5 Å². The zero-order chi connectivity index (χ0) is 53.5. The van der Waals surface area contributed by atoms with Gasteiger partial charge in [0.2, 0.25) is 0 Å². The van der Waals surface area contributed by atoms with Gasteiger partial charge in [-0.1, -0.05) is 316 Å². The molecule has 0 heterocycles. The van der Waals surface area contributed by atoms with Crippen LogP contribution in [0.25, 0.3) is 0 Å². The Morgan fingerprint density at radius 2 is 0.616 bits per heavy atom. The first-order valence-corrected chi connectivity index (χ1v) is 33.8. The molecule has 0 radical (unpaired) electrons. The fourth-order valence-corrected chi connectivity index (χ4v) is 10.6. The van der Waals surface area contributed by atoms with E-state index in [-0.39, 0.29) is 25.6 Å². The molecule has 0 aromatic carbocycles. The van der Waals surface area contributed by atoms with Gasteiger partial charge >= 0.3 is 19.8 Å². The number of carbonyl (C=O) groups excluding carboxylic acids is 2. The molecule has 73 heavy (non-hydrogen) atoms. The summed E-state index contributed by atoms with van der Waals surface area (Å²) in [7, 11) is 1.50. The molecule has 0 amide bonds. The number of nitrogens with zero attached hydrogens (tertiary/aromatic N) is 1. The Hall–Kier alpha value is -0.990. The highest BCUT2D eigenvalue weighted by Crippen LogP contribution is 2.43. The Morgan fingerprint density at radius 1 is 0.370 bits per heavy atom. The Bertz CT molecular complexity index is 1200. The van der Waals surface area contributed by atoms with Crippen LogP contribution in [0.4, 0.5) is 0 Å². The average molecular weight is 1060 g/mol. The van der Waals surface area contributed by atoms with Crippen molar-refractivity contribution >= 4 is 19.8 Å². The van der Waals surface area contributed by atoms with Gasteiger partial charge in [-0.2, -0.15) is 0 Å². The first kappa shape index (κ1) is 72.0. The summed E-state index contributed by atoms with van der Waals surface area (Å²) in [6.07, 6.45) is 64.9. The van der Waals surface area contributed by atoms with Crippen LogP contribution in [-0.2, 0) is 32.7 Å². The van der Waals surface area contributed by atoms with Crippen molar-refractivity contribution in [2.24, 2.45) is 0 Å². The third-order valence-electron chi connectivity index (χ3n) is 14.9. The van der Waals surface area contributed by atoms with Crippen LogP contribution >= 0.6 is 7.82 Å². The second-order valence-electron chi connectivity index (χ2n) is 23.5. The largest absolute Gasteiger partial charge is 0.472 e. The fourth-order valence-electron chi connectivity index (χ4n) is 9.90. The summed E-state index contributed by atoms with van der Waals surface area (Å²) in [6, 6.07) is 0. The normalized spacial score (nSPS) is 13.1. The first-order valence-electron chi connectivity index (χ1n) is 32.3. The van der Waals surface area contributed by atoms with E-state index in [4.69, 9.17) is 18.5 Å². The second-order valence-corrected chi connectivity index (χ2v) is 25.0. The highest BCUT2D eigenvalue weighted by molar-refractivity contribution is 7.47. The summed E-state index contributed by atoms with van der Waals surface area (Å²) in [5, 5.41) is 0. The topological polar surface area (TPSA) is 108 Å². The van der Waals surface area contributed by atoms with Gasteiger partial charge in [0.25, 0.3) is 0 Å². The minimum Gasteiger partial charge on any atom is -0.462 e. The molecule has 0 aromatic rings. The van der Waals surface area contributed by atoms with E-state index in [0.29, 0.717) is 17.4 Å². The quantitative estimate of drug-likeness (QED) is 0.0278. The lowest BCUT2D eigenvalue weighted by Crippen LogP contribution is -2.37. The zero-order valence-corrected chi connectivity index (χ0v) is 50.6. The molecule has 0 aliphatic heterocycles. The number of unbranched alkanes of at least 4 members (excludes halogenated alkanes) is 47. The van der Waals surface area contributed by atoms with E-state index in [2.05, 4.69) is 13.8 Å². The van der Waals surface area contributed by atoms with Crippen molar-refractivity contribution in [3.05, 3.63) is 0 Å². The van der Waals surface area contributed by atoms with Gasteiger partial charge in [0.1, 0.15) is 19.8 Å². The lowest BCUT2D eigenvalue weighted by Gasteiger charge is -2.24. The van der Waals surface area contributed by atoms with E-state index in [1.165, 1.54) is 276 Å². The Labute approximate surface area is 454 Å². The van der Waals surface area contributed by atoms with Crippen LogP contribution in [0, 0.1) is 0 Å². The molecule has 0 saturated carbocycles. The molecular weight excluding hydrogens is 930 g/mol. The molecule has 0 aliphatic carbocycles. The summed E-state index contributed by atoms with van der Waals surface area (Å²) < 4.78 is 34.6. The van der Waals surface area contributed by atoms with E-state index < -0.39 is 26.5 Å². The number of phosphoric ester groups is 1. The van der Waals surface area contributed by atoms with Crippen molar-refractivity contribution in [2.45, 2.75) is 347 Å². The zero-order valence-electron chi connectivity index (χ0n) is 49.7. The number of esters is 2. The van der Waals surface area contributed by atoms with Crippen LogP contribution in [0.15, 0.2) is 0 Å². The molecule has 0 bridgehead atoms. The number of quaternary nitrogens is 1. The summed E-state index contributed by atoms with van der Waals surface area (Å²) in [5.41, 5.74) is 0. The van der Waals surface area contributed by atoms with Crippen LogP contribution in [0.1, 0.15) is 341 Å². The van der Waals surface area contributed by atoms with Crippen molar-refractivity contribution in [1.29, 1.82) is 0 Å². The van der Waals surface area contributed by atoms with Gasteiger partial charge in [0, 0.05) is 12.8 Å². The molecule has 0 rings (SSSR count). The average Bonchev–Trinajstić information content (AvgIpc) is 3.35. The maximum absolute atomic E-state index is 12.8. The molecule has 436 valence electrons. The molecule has 9 nitrogen and oxygen atoms in total. The SMILES string of the molecule is CCCCCCCCCCCCCCCCCCCCCCCCCCCCCCCCCCC(=O)OC(COC(=O)CCCCCCCCCCCCCCCCCCC)COP(=O)(O)OCC[N+](C)(C)C. The summed E-state index contributed by atoms with van der Waals surface area (Å²) in [6.45, 7) is 4.51. The number of ether oxygens (including phenoxy) is 2. The fraction of sp³-hybridized carbons (Fsp3) is 0.968. The van der Waals surface area contributed by atoms with Gasteiger partial charge in [-0.25, -0.2) is 4.57 Å². The van der Waals surface area contributed by atoms with E-state index in [9.17, 15) is 19.0 Å². The van der Waals surface area contributed by atoms with Crippen molar-refractivity contribution in [3.63, 3.8) is 0 Å². The molecule has 10 heteroatoms. The Balaban J connectivity index is 3.96. The number of phosphoric acid groups is 1. The number of carbonyl (C=O) groups is 2. The van der Waals surface area contributed by atoms with E-state index in [1.54, 1.807) is 0 Å². The van der Waals surface area contributed by atoms with Gasteiger partial charge in [0.15, 0.2) is 6.10 Å². The van der Waals surface area contributed by atoms with Crippen molar-refractivity contribution in [3.8, 4) is 0 Å². The van der Waals surface area contributed by atoms with Gasteiger partial charge in [-0.3, -0.25) is 18.6 Å². The highest BCUT2D eigenvalue weighted by Gasteiger charge is 2.27. The molecule has 0 spiro atoms. The monoisotopic (exact) mass is 1060 g/mol. The summed E-state index contributed by atoms with van der Waals surface area (Å²) in [4.78, 5) is 35.7. The number of likely N-dealkylation sites (N-methyl/N-ethyl adjacent to an activating group) is 1. The van der Waals surface area contributed by atoms with Crippen molar-refractivity contribution in [2.75, 3.05) is 47.5 Å². The predicted octanol–water partition coefficient (Wildman–Crippen LogP) is 20.2. The molecule has 0 fully saturated rings. The molecule has 2 unspecified atom stereocenters. The Kier molecular flexibility index (Phi) is 55.0. The molecule has 0 saturated heterocycles. The number of hydrogen-bond donors (Lipinski definition) is 1. The molecule has 0 aromatic heterocycles. The van der Waals surface area contributed by atoms with Gasteiger partial charge in [-0.15, -0.1) is 0 Å². The second kappa shape index (κ2) is 55.8. The van der Waals surface area contributed by atoms with Gasteiger partial charge < -0.3 is 18.9 Å². The van der Waals surface area contributed by atoms with Gasteiger partial charge in [-0.05, 0) is 12.8 Å². The van der Waals surface area contributed by atoms with Crippen LogP contribution in [0.2, 0.25) is 0 Å². The summed E-state index contributed by atoms with van der Waals surface area (Å²) >= 11 is 0. The van der Waals surface area contributed by atoms with E-state index in [1.807, 2.05) is 21.1 Å². The standard InChI is InChI=1S/C63H126NO8P/c1-6-8-10-12-14-16-18-20-22-24-25-26-27-28-29-30-31-32-33-34-35-36-37-38-40-42-44-46-48-50-52-54-56-63(66)72-61(60-71-73(67,68)70-58-57-64(3,4)5)59-69-62(65)55-53-51-49-47-45-43-41-39-23-21-19-17-15-13-11-9-7-2/h61H,6-60H2,1-5H3/p+1. The van der Waals surface area contributed by atoms with Crippen LogP contribution < -0.4 is 0 Å². The lowest BCUT2D eigenvalue weighted by atomic mass is 10.0. The summed E-state index contributed by atoms with van der Waals surface area (Å²) in [5.74, 6) is -0.771. The van der Waals surface area contributed by atoms with Gasteiger partial charge in [0.05, 0.1) is 27.7 Å². The molecule has 1 N–H and O–H groups in total. The lowest BCUT2D eigenvalue weighted by molar-refractivity contribution is -0.870. The maximum atomic E-state index is 12.8. The third-order valence-corrected chi connectivity index (χ3v) is 15.9. The van der Waals surface area contributed by atoms with Crippen LogP contribution in [0.5, 0.6) is 0 Å². The molecular formula is C63H127NO8P+. The minimum absolute atomic E-state index is 0.0375. The number of rotatable bonds is 61. The number of hydrogen-bond acceptors (Lipinski definition) is 7. The maximum Gasteiger partial charge on any atom is 0.472 e. The highest BCUT2D eigenvalue weighted by atomic mass is 31.2. The van der Waals surface area contributed by atoms with Crippen LogP contribution in [-0.4, -0.2) is 74.9 Å². The van der Waals surface area contributed by atoms with E-state index >= 15 is 0 Å². The van der Waals surface area contributed by atoms with Crippen molar-refractivity contribution in [1.82, 2.24) is 0 Å². The third kappa shape index (κ3) is 60.1. The smallest absolute Gasteiger partial charge is 0.462 e. The minimum atomic E-state index is -4.38. The molecule has 0 aliphatic rings. The van der Waals surface area contributed by atoms with Crippen LogP contribution in [0.3, 0.4) is 0 Å². The Morgan fingerprint density at radius 3 is 0.877 bits per heavy atom.